The number of thiazole rings is 1. The number of nitrogens with zero attached hydrogens (tertiary/aromatic N) is 1. The summed E-state index contributed by atoms with van der Waals surface area (Å²) in [6.07, 6.45) is 1.51. The molecule has 0 unspecified atom stereocenters. The van der Waals surface area contributed by atoms with Crippen molar-refractivity contribution in [3.05, 3.63) is 70.3 Å². The van der Waals surface area contributed by atoms with E-state index in [0.29, 0.717) is 11.3 Å². The van der Waals surface area contributed by atoms with Crippen LogP contribution in [0.1, 0.15) is 10.6 Å². The topological polar surface area (TPSA) is 101 Å². The van der Waals surface area contributed by atoms with Crippen LogP contribution in [-0.4, -0.2) is 19.3 Å². The highest BCUT2D eigenvalue weighted by molar-refractivity contribution is 9.10. The number of sulfonamides is 1. The van der Waals surface area contributed by atoms with E-state index in [9.17, 15) is 13.2 Å². The zero-order chi connectivity index (χ0) is 19.7. The molecule has 1 amide bonds. The Hall–Kier alpha value is -2.69. The van der Waals surface area contributed by atoms with E-state index in [0.717, 1.165) is 9.86 Å². The van der Waals surface area contributed by atoms with Gasteiger partial charge in [0, 0.05) is 27.1 Å². The first-order valence-electron chi connectivity index (χ1n) is 7.93. The van der Waals surface area contributed by atoms with Crippen LogP contribution in [0, 0.1) is 0 Å². The molecule has 2 heterocycles. The standard InChI is InChI=1S/C18H12BrN3O4S2/c19-12-1-6-15-11(9-12)10-16(26-15)17(23)21-13-2-4-14(5-3-13)28(24,25)22-18-20-7-8-27-18/h1-10H,(H,20,22)(H,21,23). The highest BCUT2D eigenvalue weighted by atomic mass is 79.9. The number of hydrogen-bond acceptors (Lipinski definition) is 6. The lowest BCUT2D eigenvalue weighted by Crippen LogP contribution is -2.13. The summed E-state index contributed by atoms with van der Waals surface area (Å²) in [5.74, 6) is -0.265. The van der Waals surface area contributed by atoms with Crippen LogP contribution in [0.2, 0.25) is 0 Å². The molecule has 7 nitrogen and oxygen atoms in total. The van der Waals surface area contributed by atoms with Gasteiger partial charge in [0.1, 0.15) is 5.58 Å². The number of carbonyl (C=O) groups is 1. The second kappa shape index (κ2) is 7.38. The number of rotatable bonds is 5. The molecule has 4 aromatic rings. The molecule has 0 saturated carbocycles. The molecular weight excluding hydrogens is 466 g/mol. The Labute approximate surface area is 172 Å². The summed E-state index contributed by atoms with van der Waals surface area (Å²) in [4.78, 5) is 16.4. The zero-order valence-electron chi connectivity index (χ0n) is 14.0. The Morgan fingerprint density at radius 2 is 1.89 bits per heavy atom. The van der Waals surface area contributed by atoms with E-state index >= 15 is 0 Å². The monoisotopic (exact) mass is 477 g/mol. The van der Waals surface area contributed by atoms with Crippen molar-refractivity contribution in [1.82, 2.24) is 4.98 Å². The Kier molecular flexibility index (Phi) is 4.92. The molecule has 0 aliphatic heterocycles. The third kappa shape index (κ3) is 3.93. The van der Waals surface area contributed by atoms with E-state index in [4.69, 9.17) is 4.42 Å². The van der Waals surface area contributed by atoms with Crippen molar-refractivity contribution in [2.45, 2.75) is 4.90 Å². The largest absolute Gasteiger partial charge is 0.451 e. The molecule has 0 aliphatic rings. The van der Waals surface area contributed by atoms with Crippen molar-refractivity contribution in [1.29, 1.82) is 0 Å². The average molecular weight is 478 g/mol. The second-order valence-electron chi connectivity index (χ2n) is 5.71. The van der Waals surface area contributed by atoms with Crippen molar-refractivity contribution in [3.63, 3.8) is 0 Å². The summed E-state index contributed by atoms with van der Waals surface area (Å²) >= 11 is 4.56. The van der Waals surface area contributed by atoms with Gasteiger partial charge in [0.25, 0.3) is 15.9 Å². The third-order valence-corrected chi connectivity index (χ3v) is 6.44. The van der Waals surface area contributed by atoms with Gasteiger partial charge in [0.05, 0.1) is 4.90 Å². The van der Waals surface area contributed by atoms with Crippen LogP contribution in [0.3, 0.4) is 0 Å². The number of aromatic nitrogens is 1. The molecule has 0 radical (unpaired) electrons. The maximum absolute atomic E-state index is 12.4. The fourth-order valence-electron chi connectivity index (χ4n) is 2.48. The molecular formula is C18H12BrN3O4S2. The molecule has 0 atom stereocenters. The van der Waals surface area contributed by atoms with Gasteiger partial charge in [-0.3, -0.25) is 9.52 Å². The summed E-state index contributed by atoms with van der Waals surface area (Å²) in [5, 5.41) is 5.45. The number of carbonyl (C=O) groups excluding carboxylic acids is 1. The predicted octanol–water partition coefficient (Wildman–Crippen LogP) is 4.70. The predicted molar refractivity (Wildman–Crippen MR) is 111 cm³/mol. The van der Waals surface area contributed by atoms with Gasteiger partial charge in [-0.25, -0.2) is 13.4 Å². The number of furan rings is 1. The minimum Gasteiger partial charge on any atom is -0.451 e. The van der Waals surface area contributed by atoms with Gasteiger partial charge in [-0.2, -0.15) is 0 Å². The van der Waals surface area contributed by atoms with E-state index in [2.05, 4.69) is 31.0 Å². The van der Waals surface area contributed by atoms with Gasteiger partial charge in [0.15, 0.2) is 10.9 Å². The van der Waals surface area contributed by atoms with Crippen LogP contribution in [0.25, 0.3) is 11.0 Å². The van der Waals surface area contributed by atoms with Gasteiger partial charge >= 0.3 is 0 Å². The van der Waals surface area contributed by atoms with Crippen molar-refractivity contribution in [2.75, 3.05) is 10.0 Å². The Morgan fingerprint density at radius 1 is 1.11 bits per heavy atom. The molecule has 10 heteroatoms. The third-order valence-electron chi connectivity index (χ3n) is 3.78. The fraction of sp³-hybridized carbons (Fsp3) is 0. The molecule has 0 spiro atoms. The average Bonchev–Trinajstić information content (AvgIpc) is 3.31. The Balaban J connectivity index is 1.49. The lowest BCUT2D eigenvalue weighted by Gasteiger charge is -2.07. The Morgan fingerprint density at radius 3 is 2.61 bits per heavy atom. The fourth-order valence-corrected chi connectivity index (χ4v) is 4.65. The molecule has 2 aromatic heterocycles. The number of halogens is 1. The summed E-state index contributed by atoms with van der Waals surface area (Å²) in [6, 6.07) is 12.9. The summed E-state index contributed by atoms with van der Waals surface area (Å²) < 4.78 is 33.5. The number of benzene rings is 2. The van der Waals surface area contributed by atoms with Crippen LogP contribution in [0.5, 0.6) is 0 Å². The minimum atomic E-state index is -3.74. The van der Waals surface area contributed by atoms with E-state index < -0.39 is 15.9 Å². The van der Waals surface area contributed by atoms with Gasteiger partial charge in [0.2, 0.25) is 0 Å². The number of amides is 1. The number of anilines is 2. The maximum atomic E-state index is 12.4. The first-order chi connectivity index (χ1) is 13.4. The van der Waals surface area contributed by atoms with E-state index in [1.165, 1.54) is 41.8 Å². The second-order valence-corrected chi connectivity index (χ2v) is 9.21. The quantitative estimate of drug-likeness (QED) is 0.433. The van der Waals surface area contributed by atoms with Crippen molar-refractivity contribution in [3.8, 4) is 0 Å². The van der Waals surface area contributed by atoms with Crippen LogP contribution in [0.15, 0.2) is 73.9 Å². The number of hydrogen-bond donors (Lipinski definition) is 2. The zero-order valence-corrected chi connectivity index (χ0v) is 17.3. The van der Waals surface area contributed by atoms with Crippen LogP contribution >= 0.6 is 27.3 Å². The summed E-state index contributed by atoms with van der Waals surface area (Å²) in [5.41, 5.74) is 1.04. The van der Waals surface area contributed by atoms with Gasteiger partial charge in [-0.15, -0.1) is 11.3 Å². The smallest absolute Gasteiger partial charge is 0.291 e. The lowest BCUT2D eigenvalue weighted by molar-refractivity contribution is 0.0998. The molecule has 0 saturated heterocycles. The van der Waals surface area contributed by atoms with Crippen molar-refractivity contribution in [2.24, 2.45) is 0 Å². The maximum Gasteiger partial charge on any atom is 0.291 e. The summed E-state index contributed by atoms with van der Waals surface area (Å²) in [7, 11) is -3.74. The molecule has 142 valence electrons. The van der Waals surface area contributed by atoms with E-state index in [-0.39, 0.29) is 15.8 Å². The van der Waals surface area contributed by atoms with Crippen LogP contribution < -0.4 is 10.0 Å². The molecule has 4 rings (SSSR count). The molecule has 0 aliphatic carbocycles. The van der Waals surface area contributed by atoms with Gasteiger partial charge < -0.3 is 9.73 Å². The van der Waals surface area contributed by atoms with Crippen molar-refractivity contribution >= 4 is 65.0 Å². The SMILES string of the molecule is O=C(Nc1ccc(S(=O)(=O)Nc2nccs2)cc1)c1cc2cc(Br)ccc2o1. The first-order valence-corrected chi connectivity index (χ1v) is 11.1. The van der Waals surface area contributed by atoms with Crippen LogP contribution in [0.4, 0.5) is 10.8 Å². The van der Waals surface area contributed by atoms with Gasteiger partial charge in [-0.1, -0.05) is 15.9 Å². The molecule has 2 aromatic carbocycles. The molecule has 28 heavy (non-hydrogen) atoms. The minimum absolute atomic E-state index is 0.0642. The molecule has 0 bridgehead atoms. The molecule has 0 fully saturated rings. The molecule has 2 N–H and O–H groups in total. The highest BCUT2D eigenvalue weighted by Gasteiger charge is 2.17. The van der Waals surface area contributed by atoms with Gasteiger partial charge in [-0.05, 0) is 48.5 Å². The normalized spacial score (nSPS) is 11.5. The van der Waals surface area contributed by atoms with Crippen LogP contribution in [-0.2, 0) is 10.0 Å². The number of nitrogens with one attached hydrogen (secondary N) is 2. The lowest BCUT2D eigenvalue weighted by atomic mass is 10.2. The van der Waals surface area contributed by atoms with Crippen molar-refractivity contribution < 1.29 is 17.6 Å². The Bertz CT molecular complexity index is 1250. The van der Waals surface area contributed by atoms with E-state index in [1.54, 1.807) is 17.5 Å². The van der Waals surface area contributed by atoms with E-state index in [1.807, 2.05) is 12.1 Å². The first kappa shape index (κ1) is 18.7. The number of fused-ring (bicyclic) bond motifs is 1. The highest BCUT2D eigenvalue weighted by Crippen LogP contribution is 2.24. The summed E-state index contributed by atoms with van der Waals surface area (Å²) in [6.45, 7) is 0.